The van der Waals surface area contributed by atoms with Crippen molar-refractivity contribution in [3.05, 3.63) is 0 Å². The summed E-state index contributed by atoms with van der Waals surface area (Å²) in [7, 11) is 3.28. The summed E-state index contributed by atoms with van der Waals surface area (Å²) in [6, 6.07) is 0. The maximum atomic E-state index is 9.67. The first-order valence-corrected chi connectivity index (χ1v) is 5.93. The Morgan fingerprint density at radius 1 is 1.12 bits per heavy atom. The zero-order chi connectivity index (χ0) is 13.3. The van der Waals surface area contributed by atoms with Gasteiger partial charge in [0.1, 0.15) is 0 Å². The summed E-state index contributed by atoms with van der Waals surface area (Å²) in [5.74, 6) is 0. The predicted molar refractivity (Wildman–Crippen MR) is 67.3 cm³/mol. The number of ether oxygens (including phenoxy) is 3. The number of aliphatic hydroxyl groups is 1. The van der Waals surface area contributed by atoms with E-state index in [2.05, 4.69) is 5.32 Å². The molecule has 0 aromatic heterocycles. The normalized spacial score (nSPS) is 15.9. The van der Waals surface area contributed by atoms with E-state index in [1.807, 2.05) is 20.8 Å². The van der Waals surface area contributed by atoms with Gasteiger partial charge < -0.3 is 24.6 Å². The van der Waals surface area contributed by atoms with Gasteiger partial charge >= 0.3 is 0 Å². The number of hydrogen-bond donors (Lipinski definition) is 2. The number of methoxy groups -OCH3 is 2. The predicted octanol–water partition coefficient (Wildman–Crippen LogP) is 0.413. The molecule has 2 atom stereocenters. The molecule has 17 heavy (non-hydrogen) atoms. The van der Waals surface area contributed by atoms with Gasteiger partial charge in [0.25, 0.3) is 0 Å². The third-order valence-corrected chi connectivity index (χ3v) is 2.15. The maximum Gasteiger partial charge on any atom is 0.0928 e. The van der Waals surface area contributed by atoms with Gasteiger partial charge in [0.15, 0.2) is 0 Å². The molecule has 0 saturated heterocycles. The summed E-state index contributed by atoms with van der Waals surface area (Å²) in [5, 5.41) is 12.8. The first kappa shape index (κ1) is 16.8. The zero-order valence-electron chi connectivity index (χ0n) is 11.7. The molecule has 2 N–H and O–H groups in total. The highest BCUT2D eigenvalue weighted by molar-refractivity contribution is 4.66. The van der Waals surface area contributed by atoms with E-state index >= 15 is 0 Å². The lowest BCUT2D eigenvalue weighted by Crippen LogP contribution is -2.38. The highest BCUT2D eigenvalue weighted by Gasteiger charge is 2.14. The SMILES string of the molecule is COCC(CNCC(O)COC(C)(C)C)OC. The van der Waals surface area contributed by atoms with Crippen LogP contribution >= 0.6 is 0 Å². The number of nitrogens with one attached hydrogen (secondary N) is 1. The van der Waals surface area contributed by atoms with Gasteiger partial charge in [-0.25, -0.2) is 0 Å². The molecule has 5 heteroatoms. The topological polar surface area (TPSA) is 60.0 Å². The van der Waals surface area contributed by atoms with Crippen molar-refractivity contribution in [2.75, 3.05) is 40.5 Å². The van der Waals surface area contributed by atoms with Crippen LogP contribution in [0.5, 0.6) is 0 Å². The molecule has 0 aromatic carbocycles. The summed E-state index contributed by atoms with van der Waals surface area (Å²) in [6.45, 7) is 7.90. The Morgan fingerprint density at radius 2 is 1.76 bits per heavy atom. The van der Waals surface area contributed by atoms with E-state index in [9.17, 15) is 5.11 Å². The van der Waals surface area contributed by atoms with Crippen LogP contribution in [0.4, 0.5) is 0 Å². The average molecular weight is 249 g/mol. The third kappa shape index (κ3) is 10.7. The van der Waals surface area contributed by atoms with E-state index in [4.69, 9.17) is 14.2 Å². The van der Waals surface area contributed by atoms with E-state index in [0.29, 0.717) is 26.3 Å². The molecule has 0 spiro atoms. The minimum absolute atomic E-state index is 0.00994. The number of aliphatic hydroxyl groups excluding tert-OH is 1. The fourth-order valence-corrected chi connectivity index (χ4v) is 1.21. The van der Waals surface area contributed by atoms with Crippen LogP contribution in [0.2, 0.25) is 0 Å². The summed E-state index contributed by atoms with van der Waals surface area (Å²) >= 11 is 0. The third-order valence-electron chi connectivity index (χ3n) is 2.15. The van der Waals surface area contributed by atoms with E-state index in [-0.39, 0.29) is 11.7 Å². The van der Waals surface area contributed by atoms with Crippen molar-refractivity contribution in [1.29, 1.82) is 0 Å². The molecule has 0 aliphatic heterocycles. The van der Waals surface area contributed by atoms with Gasteiger partial charge in [-0.1, -0.05) is 0 Å². The van der Waals surface area contributed by atoms with Crippen LogP contribution in [0.15, 0.2) is 0 Å². The lowest BCUT2D eigenvalue weighted by atomic mass is 10.2. The van der Waals surface area contributed by atoms with Gasteiger partial charge in [0.05, 0.1) is 31.0 Å². The lowest BCUT2D eigenvalue weighted by molar-refractivity contribution is -0.0489. The van der Waals surface area contributed by atoms with E-state index in [1.165, 1.54) is 0 Å². The standard InChI is InChI=1S/C12H27NO4/c1-12(2,3)17-8-10(14)6-13-7-11(16-5)9-15-4/h10-11,13-14H,6-9H2,1-5H3. The Kier molecular flexibility index (Phi) is 8.72. The molecule has 0 amide bonds. The van der Waals surface area contributed by atoms with Gasteiger partial charge in [0, 0.05) is 27.3 Å². The van der Waals surface area contributed by atoms with Crippen LogP contribution in [0.1, 0.15) is 20.8 Å². The van der Waals surface area contributed by atoms with Gasteiger partial charge in [-0.2, -0.15) is 0 Å². The number of rotatable bonds is 9. The second-order valence-corrected chi connectivity index (χ2v) is 5.05. The van der Waals surface area contributed by atoms with Crippen molar-refractivity contribution in [2.24, 2.45) is 0 Å². The molecule has 0 rings (SSSR count). The molecule has 0 heterocycles. The molecular formula is C12H27NO4. The van der Waals surface area contributed by atoms with Crippen LogP contribution in [0.25, 0.3) is 0 Å². The maximum absolute atomic E-state index is 9.67. The molecule has 0 aliphatic carbocycles. The molecule has 104 valence electrons. The Balaban J connectivity index is 3.59. The largest absolute Gasteiger partial charge is 0.389 e. The van der Waals surface area contributed by atoms with Gasteiger partial charge in [-0.3, -0.25) is 0 Å². The fourth-order valence-electron chi connectivity index (χ4n) is 1.21. The second kappa shape index (κ2) is 8.83. The minimum Gasteiger partial charge on any atom is -0.389 e. The highest BCUT2D eigenvalue weighted by Crippen LogP contribution is 2.06. The van der Waals surface area contributed by atoms with E-state index in [0.717, 1.165) is 0 Å². The summed E-state index contributed by atoms with van der Waals surface area (Å²) in [6.07, 6.45) is -0.495. The summed E-state index contributed by atoms with van der Waals surface area (Å²) in [5.41, 5.74) is -0.216. The van der Waals surface area contributed by atoms with Crippen molar-refractivity contribution in [1.82, 2.24) is 5.32 Å². The van der Waals surface area contributed by atoms with Crippen molar-refractivity contribution >= 4 is 0 Å². The molecule has 0 aromatic rings. The number of hydrogen-bond acceptors (Lipinski definition) is 5. The van der Waals surface area contributed by atoms with Crippen LogP contribution in [0.3, 0.4) is 0 Å². The first-order chi connectivity index (χ1) is 7.89. The zero-order valence-corrected chi connectivity index (χ0v) is 11.7. The average Bonchev–Trinajstić information content (AvgIpc) is 2.24. The van der Waals surface area contributed by atoms with Crippen molar-refractivity contribution < 1.29 is 19.3 Å². The molecule has 0 radical (unpaired) electrons. The molecule has 0 fully saturated rings. The molecule has 0 aliphatic rings. The minimum atomic E-state index is -0.505. The van der Waals surface area contributed by atoms with Gasteiger partial charge in [-0.15, -0.1) is 0 Å². The Labute approximate surface area is 104 Å². The van der Waals surface area contributed by atoms with Crippen LogP contribution in [0, 0.1) is 0 Å². The Hall–Kier alpha value is -0.200. The fraction of sp³-hybridized carbons (Fsp3) is 1.00. The molecular weight excluding hydrogens is 222 g/mol. The summed E-state index contributed by atoms with van der Waals surface area (Å²) in [4.78, 5) is 0. The molecule has 0 bridgehead atoms. The summed E-state index contributed by atoms with van der Waals surface area (Å²) < 4.78 is 15.7. The second-order valence-electron chi connectivity index (χ2n) is 5.05. The first-order valence-electron chi connectivity index (χ1n) is 5.93. The molecule has 5 nitrogen and oxygen atoms in total. The molecule has 0 saturated carbocycles. The Morgan fingerprint density at radius 3 is 2.24 bits per heavy atom. The Bertz CT molecular complexity index is 182. The van der Waals surface area contributed by atoms with Crippen LogP contribution < -0.4 is 5.32 Å². The van der Waals surface area contributed by atoms with E-state index < -0.39 is 6.10 Å². The lowest BCUT2D eigenvalue weighted by Gasteiger charge is -2.22. The smallest absolute Gasteiger partial charge is 0.0928 e. The van der Waals surface area contributed by atoms with Crippen molar-refractivity contribution in [3.8, 4) is 0 Å². The quantitative estimate of drug-likeness (QED) is 0.620. The molecule has 2 unspecified atom stereocenters. The van der Waals surface area contributed by atoms with Gasteiger partial charge in [-0.05, 0) is 20.8 Å². The van der Waals surface area contributed by atoms with Crippen molar-refractivity contribution in [2.45, 2.75) is 38.6 Å². The van der Waals surface area contributed by atoms with E-state index in [1.54, 1.807) is 14.2 Å². The monoisotopic (exact) mass is 249 g/mol. The van der Waals surface area contributed by atoms with Crippen molar-refractivity contribution in [3.63, 3.8) is 0 Å². The van der Waals surface area contributed by atoms with Crippen LogP contribution in [-0.4, -0.2) is 63.4 Å². The van der Waals surface area contributed by atoms with Gasteiger partial charge in [0.2, 0.25) is 0 Å². The van der Waals surface area contributed by atoms with Crippen LogP contribution in [-0.2, 0) is 14.2 Å². The highest BCUT2D eigenvalue weighted by atomic mass is 16.5.